The van der Waals surface area contributed by atoms with E-state index >= 15 is 0 Å². The van der Waals surface area contributed by atoms with E-state index in [4.69, 9.17) is 0 Å². The minimum Gasteiger partial charge on any atom is -0.481 e. The lowest BCUT2D eigenvalue weighted by Crippen LogP contribution is -2.31. The molecule has 0 saturated heterocycles. The van der Waals surface area contributed by atoms with Crippen molar-refractivity contribution in [1.29, 1.82) is 0 Å². The molecule has 2 N–H and O–H groups in total. The minimum absolute atomic E-state index is 0.0349. The lowest BCUT2D eigenvalue weighted by molar-refractivity contribution is -0.138. The molecular weight excluding hydrogens is 301 g/mol. The number of hydrogen-bond acceptors (Lipinski definition) is 3. The molecule has 1 aromatic carbocycles. The second kappa shape index (κ2) is 7.53. The summed E-state index contributed by atoms with van der Waals surface area (Å²) in [5.41, 5.74) is 1.39. The van der Waals surface area contributed by atoms with Crippen LogP contribution in [0, 0.1) is 5.82 Å². The van der Waals surface area contributed by atoms with Crippen LogP contribution in [0.25, 0.3) is 0 Å². The van der Waals surface area contributed by atoms with Gasteiger partial charge in [0.2, 0.25) is 5.91 Å². The molecule has 0 aliphatic carbocycles. The molecule has 23 heavy (non-hydrogen) atoms. The Morgan fingerprint density at radius 2 is 2.04 bits per heavy atom. The topological polar surface area (TPSA) is 84.2 Å². The zero-order valence-electron chi connectivity index (χ0n) is 12.7. The molecule has 1 atom stereocenters. The van der Waals surface area contributed by atoms with Gasteiger partial charge in [0, 0.05) is 26.2 Å². The summed E-state index contributed by atoms with van der Waals surface area (Å²) in [5.74, 6) is -2.64. The Kier molecular flexibility index (Phi) is 5.46. The zero-order chi connectivity index (χ0) is 16.8. The van der Waals surface area contributed by atoms with Crippen molar-refractivity contribution in [2.75, 3.05) is 6.54 Å². The first-order chi connectivity index (χ1) is 11.0. The molecule has 0 fully saturated rings. The normalized spacial score (nSPS) is 11.9. The first-order valence-corrected chi connectivity index (χ1v) is 7.18. The number of nitrogens with one attached hydrogen (secondary N) is 1. The van der Waals surface area contributed by atoms with Gasteiger partial charge in [-0.1, -0.05) is 12.1 Å². The van der Waals surface area contributed by atoms with Crippen molar-refractivity contribution in [3.8, 4) is 0 Å². The first-order valence-electron chi connectivity index (χ1n) is 7.18. The Balaban J connectivity index is 1.87. The molecule has 2 rings (SSSR count). The molecule has 122 valence electrons. The van der Waals surface area contributed by atoms with Gasteiger partial charge in [-0.3, -0.25) is 14.3 Å². The van der Waals surface area contributed by atoms with Gasteiger partial charge >= 0.3 is 5.97 Å². The number of carboxylic acids is 1. The second-order valence-electron chi connectivity index (χ2n) is 5.27. The van der Waals surface area contributed by atoms with Crippen molar-refractivity contribution in [3.05, 3.63) is 53.6 Å². The molecule has 1 heterocycles. The maximum absolute atomic E-state index is 12.9. The number of hydrogen-bond donors (Lipinski definition) is 2. The van der Waals surface area contributed by atoms with E-state index in [1.807, 2.05) is 6.20 Å². The Bertz CT molecular complexity index is 682. The van der Waals surface area contributed by atoms with Crippen molar-refractivity contribution >= 4 is 11.9 Å². The molecule has 0 radical (unpaired) electrons. The van der Waals surface area contributed by atoms with E-state index in [0.29, 0.717) is 12.0 Å². The van der Waals surface area contributed by atoms with E-state index < -0.39 is 17.7 Å². The van der Waals surface area contributed by atoms with Gasteiger partial charge < -0.3 is 10.4 Å². The van der Waals surface area contributed by atoms with Crippen molar-refractivity contribution in [3.63, 3.8) is 0 Å². The van der Waals surface area contributed by atoms with E-state index in [2.05, 4.69) is 10.4 Å². The maximum Gasteiger partial charge on any atom is 0.312 e. The molecule has 2 aromatic rings. The van der Waals surface area contributed by atoms with Gasteiger partial charge in [0.15, 0.2) is 0 Å². The summed E-state index contributed by atoms with van der Waals surface area (Å²) in [7, 11) is 1.80. The molecule has 1 amide bonds. The van der Waals surface area contributed by atoms with E-state index in [-0.39, 0.29) is 18.9 Å². The standard InChI is InChI=1S/C16H18FN3O3/c1-20-10-11(8-19-20)2-7-15(21)18-9-14(16(22)23)12-3-5-13(17)6-4-12/h3-6,8,10,14H,2,7,9H2,1H3,(H,18,21)(H,22,23). The number of aryl methyl sites for hydroxylation is 2. The monoisotopic (exact) mass is 319 g/mol. The van der Waals surface area contributed by atoms with Crippen LogP contribution >= 0.6 is 0 Å². The average molecular weight is 319 g/mol. The van der Waals surface area contributed by atoms with Crippen LogP contribution in [0.1, 0.15) is 23.5 Å². The summed E-state index contributed by atoms with van der Waals surface area (Å²) in [4.78, 5) is 23.2. The Morgan fingerprint density at radius 1 is 1.35 bits per heavy atom. The summed E-state index contributed by atoms with van der Waals surface area (Å²) >= 11 is 0. The molecule has 0 saturated carbocycles. The van der Waals surface area contributed by atoms with Crippen molar-refractivity contribution in [1.82, 2.24) is 15.1 Å². The second-order valence-corrected chi connectivity index (χ2v) is 5.27. The lowest BCUT2D eigenvalue weighted by Gasteiger charge is -2.13. The van der Waals surface area contributed by atoms with Gasteiger partial charge in [-0.05, 0) is 29.7 Å². The van der Waals surface area contributed by atoms with Gasteiger partial charge in [-0.25, -0.2) is 4.39 Å². The van der Waals surface area contributed by atoms with Crippen LogP contribution in [0.5, 0.6) is 0 Å². The number of amides is 1. The number of aliphatic carboxylic acids is 1. The number of carbonyl (C=O) groups excluding carboxylic acids is 1. The molecule has 0 aliphatic rings. The van der Waals surface area contributed by atoms with E-state index in [1.165, 1.54) is 24.3 Å². The van der Waals surface area contributed by atoms with Crippen LogP contribution in [0.15, 0.2) is 36.7 Å². The SMILES string of the molecule is Cn1cc(CCC(=O)NCC(C(=O)O)c2ccc(F)cc2)cn1. The molecule has 6 nitrogen and oxygen atoms in total. The quantitative estimate of drug-likeness (QED) is 0.809. The van der Waals surface area contributed by atoms with Crippen molar-refractivity contribution in [2.45, 2.75) is 18.8 Å². The molecule has 0 bridgehead atoms. The molecular formula is C16H18FN3O3. The van der Waals surface area contributed by atoms with Crippen LogP contribution in [0.2, 0.25) is 0 Å². The predicted octanol–water partition coefficient (Wildman–Crippen LogP) is 1.48. The van der Waals surface area contributed by atoms with Crippen LogP contribution in [-0.4, -0.2) is 33.3 Å². The highest BCUT2D eigenvalue weighted by molar-refractivity contribution is 5.79. The minimum atomic E-state index is -1.07. The number of aromatic nitrogens is 2. The molecule has 0 spiro atoms. The Morgan fingerprint density at radius 3 is 2.61 bits per heavy atom. The highest BCUT2D eigenvalue weighted by Gasteiger charge is 2.20. The maximum atomic E-state index is 12.9. The number of benzene rings is 1. The first kappa shape index (κ1) is 16.7. The Hall–Kier alpha value is -2.70. The third kappa shape index (κ3) is 4.91. The zero-order valence-corrected chi connectivity index (χ0v) is 12.7. The number of nitrogens with zero attached hydrogens (tertiary/aromatic N) is 2. The Labute approximate surface area is 132 Å². The van der Waals surface area contributed by atoms with Gasteiger partial charge in [0.25, 0.3) is 0 Å². The highest BCUT2D eigenvalue weighted by atomic mass is 19.1. The van der Waals surface area contributed by atoms with Gasteiger partial charge in [-0.15, -0.1) is 0 Å². The van der Waals surface area contributed by atoms with Crippen LogP contribution in [0.3, 0.4) is 0 Å². The summed E-state index contributed by atoms with van der Waals surface area (Å²) in [6.07, 6.45) is 4.30. The molecule has 1 unspecified atom stereocenters. The van der Waals surface area contributed by atoms with Crippen molar-refractivity contribution in [2.24, 2.45) is 7.05 Å². The van der Waals surface area contributed by atoms with Gasteiger partial charge in [0.1, 0.15) is 5.82 Å². The van der Waals surface area contributed by atoms with Crippen molar-refractivity contribution < 1.29 is 19.1 Å². The fraction of sp³-hybridized carbons (Fsp3) is 0.312. The summed E-state index contributed by atoms with van der Waals surface area (Å²) in [6.45, 7) is -0.0349. The largest absolute Gasteiger partial charge is 0.481 e. The third-order valence-corrected chi connectivity index (χ3v) is 3.47. The van der Waals surface area contributed by atoms with Gasteiger partial charge in [0.05, 0.1) is 12.1 Å². The summed E-state index contributed by atoms with van der Waals surface area (Å²) in [6, 6.07) is 5.23. The van der Waals surface area contributed by atoms with E-state index in [1.54, 1.807) is 17.9 Å². The lowest BCUT2D eigenvalue weighted by atomic mass is 9.99. The fourth-order valence-electron chi connectivity index (χ4n) is 2.21. The van der Waals surface area contributed by atoms with Crippen LogP contribution in [0.4, 0.5) is 4.39 Å². The number of carboxylic acid groups (broad SMARTS) is 1. The third-order valence-electron chi connectivity index (χ3n) is 3.47. The number of carbonyl (C=O) groups is 2. The molecule has 1 aromatic heterocycles. The molecule has 0 aliphatic heterocycles. The fourth-order valence-corrected chi connectivity index (χ4v) is 2.21. The number of rotatable bonds is 7. The smallest absolute Gasteiger partial charge is 0.312 e. The summed E-state index contributed by atoms with van der Waals surface area (Å²) < 4.78 is 14.6. The highest BCUT2D eigenvalue weighted by Crippen LogP contribution is 2.16. The average Bonchev–Trinajstić information content (AvgIpc) is 2.92. The van der Waals surface area contributed by atoms with Crippen LogP contribution < -0.4 is 5.32 Å². The van der Waals surface area contributed by atoms with Gasteiger partial charge in [-0.2, -0.15) is 5.10 Å². The van der Waals surface area contributed by atoms with E-state index in [0.717, 1.165) is 5.56 Å². The van der Waals surface area contributed by atoms with E-state index in [9.17, 15) is 19.1 Å². The number of halogens is 1. The molecule has 7 heteroatoms. The van der Waals surface area contributed by atoms with Crippen LogP contribution in [-0.2, 0) is 23.1 Å². The summed E-state index contributed by atoms with van der Waals surface area (Å²) in [5, 5.41) is 15.9. The predicted molar refractivity (Wildman–Crippen MR) is 81.3 cm³/mol.